The van der Waals surface area contributed by atoms with Gasteiger partial charge in [0.15, 0.2) is 0 Å². The molecule has 2 aromatic carbocycles. The maximum Gasteiger partial charge on any atom is 0.123 e. The van der Waals surface area contributed by atoms with Crippen LogP contribution in [0, 0.1) is 0 Å². The van der Waals surface area contributed by atoms with Gasteiger partial charge in [-0.2, -0.15) is 0 Å². The fourth-order valence-corrected chi connectivity index (χ4v) is 3.95. The van der Waals surface area contributed by atoms with Gasteiger partial charge < -0.3 is 4.74 Å². The minimum absolute atomic E-state index is 0.124. The van der Waals surface area contributed by atoms with E-state index in [4.69, 9.17) is 16.3 Å². The van der Waals surface area contributed by atoms with Crippen molar-refractivity contribution in [1.29, 1.82) is 0 Å². The lowest BCUT2D eigenvalue weighted by Crippen LogP contribution is -2.05. The molecule has 1 aliphatic heterocycles. The Labute approximate surface area is 140 Å². The highest BCUT2D eigenvalue weighted by Crippen LogP contribution is 2.37. The van der Waals surface area contributed by atoms with Crippen LogP contribution < -0.4 is 4.74 Å². The van der Waals surface area contributed by atoms with Gasteiger partial charge in [-0.25, -0.2) is 0 Å². The molecule has 4 heteroatoms. The first-order valence-corrected chi connectivity index (χ1v) is 8.51. The topological polar surface area (TPSA) is 9.23 Å². The van der Waals surface area contributed by atoms with Gasteiger partial charge in [-0.1, -0.05) is 55.6 Å². The van der Waals surface area contributed by atoms with E-state index in [0.29, 0.717) is 0 Å². The van der Waals surface area contributed by atoms with Crippen molar-refractivity contribution in [2.24, 2.45) is 0 Å². The Balaban J connectivity index is 1.95. The summed E-state index contributed by atoms with van der Waals surface area (Å²) in [5.41, 5.74) is 3.63. The molecule has 0 N–H and O–H groups in total. The number of alkyl halides is 1. The van der Waals surface area contributed by atoms with E-state index >= 15 is 0 Å². The molecule has 0 aromatic heterocycles. The lowest BCUT2D eigenvalue weighted by atomic mass is 10.0. The van der Waals surface area contributed by atoms with Crippen molar-refractivity contribution in [2.75, 3.05) is 0 Å². The van der Waals surface area contributed by atoms with Crippen molar-refractivity contribution < 1.29 is 4.74 Å². The van der Waals surface area contributed by atoms with Crippen LogP contribution in [0.3, 0.4) is 0 Å². The molecular formula is C16H13Br2ClO. The van der Waals surface area contributed by atoms with Crippen molar-refractivity contribution in [2.45, 2.75) is 24.3 Å². The lowest BCUT2D eigenvalue weighted by molar-refractivity contribution is 0.254. The zero-order valence-electron chi connectivity index (χ0n) is 10.9. The molecule has 0 bridgehead atoms. The molecule has 0 aliphatic carbocycles. The highest BCUT2D eigenvalue weighted by atomic mass is 79.9. The number of ether oxygens (including phenoxy) is 1. The number of rotatable bonds is 2. The number of hydrogen-bond acceptors (Lipinski definition) is 1. The zero-order chi connectivity index (χ0) is 14.3. The van der Waals surface area contributed by atoms with Crippen LogP contribution >= 0.6 is 43.5 Å². The molecule has 0 radical (unpaired) electrons. The van der Waals surface area contributed by atoms with E-state index in [-0.39, 0.29) is 10.9 Å². The molecule has 0 saturated carbocycles. The largest absolute Gasteiger partial charge is 0.490 e. The fourth-order valence-electron chi connectivity index (χ4n) is 2.51. The minimum atomic E-state index is 0.124. The Bertz CT molecular complexity index is 637. The highest BCUT2D eigenvalue weighted by molar-refractivity contribution is 9.10. The number of halogens is 3. The summed E-state index contributed by atoms with van der Waals surface area (Å²) in [6, 6.07) is 12.3. The van der Waals surface area contributed by atoms with E-state index in [2.05, 4.69) is 63.0 Å². The molecule has 2 unspecified atom stereocenters. The molecular weight excluding hydrogens is 403 g/mol. The second-order valence-corrected chi connectivity index (χ2v) is 7.33. The fraction of sp³-hybridized carbons (Fsp3) is 0.250. The average molecular weight is 417 g/mol. The minimum Gasteiger partial charge on any atom is -0.490 e. The molecule has 3 rings (SSSR count). The van der Waals surface area contributed by atoms with E-state index in [1.54, 1.807) is 0 Å². The third kappa shape index (κ3) is 2.90. The van der Waals surface area contributed by atoms with Crippen LogP contribution in [0.15, 0.2) is 40.9 Å². The van der Waals surface area contributed by atoms with Crippen LogP contribution in [0.2, 0.25) is 5.02 Å². The highest BCUT2D eigenvalue weighted by Gasteiger charge is 2.21. The summed E-state index contributed by atoms with van der Waals surface area (Å²) in [5.74, 6) is 1.01. The monoisotopic (exact) mass is 414 g/mol. The maximum atomic E-state index is 6.12. The molecule has 1 aliphatic rings. The van der Waals surface area contributed by atoms with Crippen LogP contribution in [0.1, 0.15) is 28.4 Å². The second kappa shape index (κ2) is 5.70. The summed E-state index contributed by atoms with van der Waals surface area (Å²) < 4.78 is 6.73. The quantitative estimate of drug-likeness (QED) is 0.553. The predicted octanol–water partition coefficient (Wildman–Crippen LogP) is 5.91. The molecule has 2 aromatic rings. The van der Waals surface area contributed by atoms with Gasteiger partial charge >= 0.3 is 0 Å². The van der Waals surface area contributed by atoms with Crippen LogP contribution in [0.25, 0.3) is 0 Å². The molecule has 1 nitrogen and oxygen atoms in total. The van der Waals surface area contributed by atoms with Crippen molar-refractivity contribution >= 4 is 43.5 Å². The van der Waals surface area contributed by atoms with Gasteiger partial charge in [-0.15, -0.1) is 0 Å². The van der Waals surface area contributed by atoms with Gasteiger partial charge in [0.1, 0.15) is 11.9 Å². The van der Waals surface area contributed by atoms with E-state index in [1.807, 2.05) is 12.1 Å². The van der Waals surface area contributed by atoms with Crippen molar-refractivity contribution in [3.05, 3.63) is 62.6 Å². The Morgan fingerprint density at radius 2 is 2.00 bits per heavy atom. The summed E-state index contributed by atoms with van der Waals surface area (Å²) in [6.45, 7) is 2.10. The van der Waals surface area contributed by atoms with Gasteiger partial charge in [0.2, 0.25) is 0 Å². The SMILES string of the molecule is CC1Cc2cc(C(Br)c3cc(Cl)cc(Br)c3)ccc2O1. The van der Waals surface area contributed by atoms with Gasteiger partial charge in [0.05, 0.1) is 4.83 Å². The summed E-state index contributed by atoms with van der Waals surface area (Å²) in [5, 5.41) is 0.733. The molecule has 20 heavy (non-hydrogen) atoms. The van der Waals surface area contributed by atoms with Crippen molar-refractivity contribution in [3.63, 3.8) is 0 Å². The van der Waals surface area contributed by atoms with Crippen LogP contribution in [0.5, 0.6) is 5.75 Å². The zero-order valence-corrected chi connectivity index (χ0v) is 14.8. The molecule has 0 spiro atoms. The molecule has 1 heterocycles. The van der Waals surface area contributed by atoms with E-state index in [0.717, 1.165) is 27.2 Å². The molecule has 0 saturated heterocycles. The maximum absolute atomic E-state index is 6.12. The molecule has 104 valence electrons. The number of benzene rings is 2. The smallest absolute Gasteiger partial charge is 0.123 e. The molecule has 0 amide bonds. The Morgan fingerprint density at radius 1 is 1.20 bits per heavy atom. The first-order chi connectivity index (χ1) is 9.52. The number of hydrogen-bond donors (Lipinski definition) is 0. The summed E-state index contributed by atoms with van der Waals surface area (Å²) in [6.07, 6.45) is 1.25. The predicted molar refractivity (Wildman–Crippen MR) is 90.2 cm³/mol. The van der Waals surface area contributed by atoms with Gasteiger partial charge in [-0.05, 0) is 47.9 Å². The summed E-state index contributed by atoms with van der Waals surface area (Å²) >= 11 is 13.4. The van der Waals surface area contributed by atoms with E-state index < -0.39 is 0 Å². The average Bonchev–Trinajstić information content (AvgIpc) is 2.75. The van der Waals surface area contributed by atoms with E-state index in [1.165, 1.54) is 11.1 Å². The number of fused-ring (bicyclic) bond motifs is 1. The summed E-state index contributed by atoms with van der Waals surface area (Å²) in [4.78, 5) is 0.124. The van der Waals surface area contributed by atoms with Crippen LogP contribution in [-0.4, -0.2) is 6.10 Å². The van der Waals surface area contributed by atoms with Crippen molar-refractivity contribution in [1.82, 2.24) is 0 Å². The normalized spacial score (nSPS) is 18.5. The Morgan fingerprint density at radius 3 is 2.75 bits per heavy atom. The van der Waals surface area contributed by atoms with Gasteiger partial charge in [-0.3, -0.25) is 0 Å². The van der Waals surface area contributed by atoms with Gasteiger partial charge in [0, 0.05) is 15.9 Å². The third-order valence-electron chi connectivity index (χ3n) is 3.39. The Kier molecular flexibility index (Phi) is 4.11. The first-order valence-electron chi connectivity index (χ1n) is 6.42. The molecule has 2 atom stereocenters. The second-order valence-electron chi connectivity index (χ2n) is 5.07. The van der Waals surface area contributed by atoms with Crippen molar-refractivity contribution in [3.8, 4) is 5.75 Å². The van der Waals surface area contributed by atoms with Crippen LogP contribution in [0.4, 0.5) is 0 Å². The van der Waals surface area contributed by atoms with Gasteiger partial charge in [0.25, 0.3) is 0 Å². The van der Waals surface area contributed by atoms with E-state index in [9.17, 15) is 0 Å². The first kappa shape index (κ1) is 14.4. The standard InChI is InChI=1S/C16H13Br2ClO/c1-9-4-11-5-10(2-3-15(11)20-9)16(18)12-6-13(17)8-14(19)7-12/h2-3,5-9,16H,4H2,1H3. The summed E-state index contributed by atoms with van der Waals surface area (Å²) in [7, 11) is 0. The third-order valence-corrected chi connectivity index (χ3v) is 5.12. The Hall–Kier alpha value is -0.510. The van der Waals surface area contributed by atoms with Crippen LogP contribution in [-0.2, 0) is 6.42 Å². The molecule has 0 fully saturated rings. The lowest BCUT2D eigenvalue weighted by Gasteiger charge is -2.13.